The number of carbonyl (C=O) groups excluding carboxylic acids is 1. The molecule has 4 atom stereocenters. The van der Waals surface area contributed by atoms with Crippen molar-refractivity contribution in [3.8, 4) is 0 Å². The first kappa shape index (κ1) is 19.6. The number of likely N-dealkylation sites (N-methyl/N-ethyl adjacent to an activating group) is 1. The summed E-state index contributed by atoms with van der Waals surface area (Å²) in [6.45, 7) is 11.0. The highest BCUT2D eigenvalue weighted by Crippen LogP contribution is 2.46. The maximum Gasteiger partial charge on any atom is 0.252 e. The summed E-state index contributed by atoms with van der Waals surface area (Å²) in [6, 6.07) is 0. The molecule has 1 fully saturated rings. The number of fused-ring (bicyclic) bond motifs is 2. The van der Waals surface area contributed by atoms with Crippen LogP contribution in [0.1, 0.15) is 79.6 Å². The van der Waals surface area contributed by atoms with Crippen molar-refractivity contribution in [3.63, 3.8) is 0 Å². The maximum absolute atomic E-state index is 12.7. The number of amides is 1. The van der Waals surface area contributed by atoms with Crippen LogP contribution in [0.5, 0.6) is 0 Å². The van der Waals surface area contributed by atoms with Crippen molar-refractivity contribution in [1.29, 1.82) is 0 Å². The lowest BCUT2D eigenvalue weighted by Crippen LogP contribution is -2.49. The fourth-order valence-electron chi connectivity index (χ4n) is 4.92. The minimum absolute atomic E-state index is 0.00116. The lowest BCUT2D eigenvalue weighted by atomic mass is 9.85. The summed E-state index contributed by atoms with van der Waals surface area (Å²) in [6.07, 6.45) is 9.11. The molecule has 1 aliphatic carbocycles. The van der Waals surface area contributed by atoms with Crippen LogP contribution in [-0.4, -0.2) is 39.9 Å². The fraction of sp³-hybridized carbons (Fsp3) is 0.773. The van der Waals surface area contributed by atoms with Crippen LogP contribution in [0.4, 0.5) is 0 Å². The second-order valence-electron chi connectivity index (χ2n) is 8.86. The molecule has 26 heavy (non-hydrogen) atoms. The molecule has 1 N–H and O–H groups in total. The van der Waals surface area contributed by atoms with E-state index < -0.39 is 5.72 Å². The molecule has 0 bridgehead atoms. The van der Waals surface area contributed by atoms with Gasteiger partial charge >= 0.3 is 0 Å². The molecule has 0 aromatic rings. The topological polar surface area (TPSA) is 53.1 Å². The van der Waals surface area contributed by atoms with Crippen molar-refractivity contribution in [3.05, 3.63) is 22.8 Å². The van der Waals surface area contributed by atoms with E-state index in [2.05, 4.69) is 26.8 Å². The highest BCUT2D eigenvalue weighted by molar-refractivity contribution is 5.97. The first-order valence-electron chi connectivity index (χ1n) is 10.3. The van der Waals surface area contributed by atoms with Crippen molar-refractivity contribution in [2.75, 3.05) is 6.54 Å². The van der Waals surface area contributed by atoms with Gasteiger partial charge in [-0.25, -0.2) is 0 Å². The quantitative estimate of drug-likeness (QED) is 0.558. The third-order valence-corrected chi connectivity index (χ3v) is 6.76. The Morgan fingerprint density at radius 2 is 2.04 bits per heavy atom. The summed E-state index contributed by atoms with van der Waals surface area (Å²) >= 11 is 0. The van der Waals surface area contributed by atoms with Gasteiger partial charge in [0.25, 0.3) is 5.91 Å². The summed E-state index contributed by atoms with van der Waals surface area (Å²) in [5.74, 6) is 0.344. The molecule has 0 spiro atoms. The first-order valence-corrected chi connectivity index (χ1v) is 10.3. The smallest absolute Gasteiger partial charge is 0.252 e. The van der Waals surface area contributed by atoms with E-state index in [4.69, 9.17) is 4.74 Å². The molecule has 3 aliphatic rings. The summed E-state index contributed by atoms with van der Waals surface area (Å²) in [7, 11) is 0. The second kappa shape index (κ2) is 7.12. The molecule has 3 rings (SSSR count). The van der Waals surface area contributed by atoms with Gasteiger partial charge in [-0.2, -0.15) is 0 Å². The normalized spacial score (nSPS) is 41.2. The van der Waals surface area contributed by atoms with Gasteiger partial charge in [-0.05, 0) is 77.7 Å². The third kappa shape index (κ3) is 3.50. The van der Waals surface area contributed by atoms with Crippen LogP contribution in [0.2, 0.25) is 0 Å². The Kier molecular flexibility index (Phi) is 5.38. The van der Waals surface area contributed by atoms with E-state index in [9.17, 15) is 9.90 Å². The number of allylic oxidation sites excluding steroid dienone is 2. The average molecular weight is 362 g/mol. The van der Waals surface area contributed by atoms with Gasteiger partial charge in [0.05, 0.1) is 11.7 Å². The monoisotopic (exact) mass is 361 g/mol. The molecule has 4 nitrogen and oxygen atoms in total. The summed E-state index contributed by atoms with van der Waals surface area (Å²) < 4.78 is 5.99. The van der Waals surface area contributed by atoms with Crippen LogP contribution in [-0.2, 0) is 9.53 Å². The second-order valence-corrected chi connectivity index (χ2v) is 8.86. The number of nitrogens with zero attached hydrogens (tertiary/aromatic N) is 1. The van der Waals surface area contributed by atoms with Gasteiger partial charge < -0.3 is 14.7 Å². The van der Waals surface area contributed by atoms with E-state index in [1.807, 2.05) is 13.8 Å². The van der Waals surface area contributed by atoms with Crippen molar-refractivity contribution in [2.24, 2.45) is 5.92 Å². The highest BCUT2D eigenvalue weighted by Gasteiger charge is 2.52. The Morgan fingerprint density at radius 3 is 2.73 bits per heavy atom. The van der Waals surface area contributed by atoms with Crippen LogP contribution in [0.3, 0.4) is 0 Å². The predicted molar refractivity (Wildman–Crippen MR) is 104 cm³/mol. The molecule has 0 aromatic carbocycles. The SMILES string of the molecule is CCN1C(=O)C(C)=C2CC/C(C)=C/CC[C@]3(C)O[C@H]3CC[C@@H](C)C[C@]21O. The van der Waals surface area contributed by atoms with Crippen molar-refractivity contribution in [2.45, 2.75) is 97.0 Å². The Morgan fingerprint density at radius 1 is 1.31 bits per heavy atom. The van der Waals surface area contributed by atoms with Crippen LogP contribution in [0.25, 0.3) is 0 Å². The van der Waals surface area contributed by atoms with Crippen LogP contribution in [0, 0.1) is 5.92 Å². The average Bonchev–Trinajstić information content (AvgIpc) is 3.17. The van der Waals surface area contributed by atoms with Gasteiger partial charge in [0.2, 0.25) is 0 Å². The number of carbonyl (C=O) groups is 1. The number of aliphatic hydroxyl groups is 1. The number of hydrogen-bond donors (Lipinski definition) is 1. The Bertz CT molecular complexity index is 637. The summed E-state index contributed by atoms with van der Waals surface area (Å²) in [4.78, 5) is 14.4. The summed E-state index contributed by atoms with van der Waals surface area (Å²) in [5.41, 5.74) is 1.94. The van der Waals surface area contributed by atoms with E-state index in [-0.39, 0.29) is 11.5 Å². The van der Waals surface area contributed by atoms with Gasteiger partial charge in [-0.15, -0.1) is 0 Å². The molecule has 146 valence electrons. The number of ether oxygens (including phenoxy) is 1. The van der Waals surface area contributed by atoms with E-state index in [0.717, 1.165) is 49.7 Å². The zero-order chi connectivity index (χ0) is 19.1. The van der Waals surface area contributed by atoms with Gasteiger partial charge in [-0.3, -0.25) is 4.79 Å². The molecule has 0 aromatic heterocycles. The fourth-order valence-corrected chi connectivity index (χ4v) is 4.92. The lowest BCUT2D eigenvalue weighted by molar-refractivity contribution is -0.145. The molecule has 1 amide bonds. The van der Waals surface area contributed by atoms with E-state index in [0.29, 0.717) is 25.0 Å². The molecular weight excluding hydrogens is 326 g/mol. The molecule has 2 heterocycles. The van der Waals surface area contributed by atoms with Crippen LogP contribution < -0.4 is 0 Å². The van der Waals surface area contributed by atoms with E-state index >= 15 is 0 Å². The molecule has 4 heteroatoms. The number of hydrogen-bond acceptors (Lipinski definition) is 3. The Labute approximate surface area is 158 Å². The largest absolute Gasteiger partial charge is 0.367 e. The molecule has 0 saturated carbocycles. The lowest BCUT2D eigenvalue weighted by Gasteiger charge is -2.38. The third-order valence-electron chi connectivity index (χ3n) is 6.76. The zero-order valence-corrected chi connectivity index (χ0v) is 17.1. The van der Waals surface area contributed by atoms with Crippen molar-refractivity contribution in [1.82, 2.24) is 4.90 Å². The molecule has 1 saturated heterocycles. The van der Waals surface area contributed by atoms with Gasteiger partial charge in [0, 0.05) is 18.5 Å². The molecule has 2 aliphatic heterocycles. The minimum Gasteiger partial charge on any atom is -0.367 e. The highest BCUT2D eigenvalue weighted by atomic mass is 16.6. The Balaban J connectivity index is 1.87. The molecule has 0 unspecified atom stereocenters. The zero-order valence-electron chi connectivity index (χ0n) is 17.1. The van der Waals surface area contributed by atoms with Gasteiger partial charge in [0.1, 0.15) is 0 Å². The maximum atomic E-state index is 12.7. The summed E-state index contributed by atoms with van der Waals surface area (Å²) in [5, 5.41) is 11.6. The predicted octanol–water partition coefficient (Wildman–Crippen LogP) is 4.34. The number of rotatable bonds is 1. The van der Waals surface area contributed by atoms with E-state index in [1.54, 1.807) is 4.90 Å². The van der Waals surface area contributed by atoms with Crippen molar-refractivity contribution >= 4 is 5.91 Å². The van der Waals surface area contributed by atoms with Gasteiger partial charge in [-0.1, -0.05) is 18.6 Å². The molecular formula is C22H35NO3. The molecule has 0 radical (unpaired) electrons. The standard InChI is InChI=1S/C22H35NO3/c1-6-23-20(24)17(4)18-11-9-15(2)8-7-13-21(5)19(26-21)12-10-16(3)14-22(18,23)25/h8,16,19,25H,6-7,9-14H2,1-5H3/b15-8+/t16-,19+,21+,22+/m1/s1. The van der Waals surface area contributed by atoms with Crippen LogP contribution >= 0.6 is 0 Å². The number of epoxide rings is 1. The van der Waals surface area contributed by atoms with Gasteiger partial charge in [0.15, 0.2) is 5.72 Å². The Hall–Kier alpha value is -1.13. The first-order chi connectivity index (χ1) is 12.2. The van der Waals surface area contributed by atoms with E-state index in [1.165, 1.54) is 5.57 Å². The van der Waals surface area contributed by atoms with Crippen molar-refractivity contribution < 1.29 is 14.6 Å². The van der Waals surface area contributed by atoms with Crippen LogP contribution in [0.15, 0.2) is 22.8 Å². The minimum atomic E-state index is -1.12.